The molecule has 1 aromatic carbocycles. The molecule has 1 saturated heterocycles. The van der Waals surface area contributed by atoms with Gasteiger partial charge in [0.25, 0.3) is 0 Å². The van der Waals surface area contributed by atoms with Gasteiger partial charge >= 0.3 is 6.03 Å². The molecule has 0 unspecified atom stereocenters. The zero-order chi connectivity index (χ0) is 16.9. The molecule has 0 bridgehead atoms. The lowest BCUT2D eigenvalue weighted by Crippen LogP contribution is -2.37. The number of aromatic nitrogens is 2. The number of anilines is 3. The van der Waals surface area contributed by atoms with Crippen LogP contribution >= 0.6 is 11.3 Å². The third-order valence-corrected chi connectivity index (χ3v) is 5.18. The summed E-state index contributed by atoms with van der Waals surface area (Å²) in [6.45, 7) is 5.32. The minimum Gasteiger partial charge on any atom is -0.344 e. The highest BCUT2D eigenvalue weighted by Crippen LogP contribution is 2.29. The van der Waals surface area contributed by atoms with Crippen molar-refractivity contribution >= 4 is 33.3 Å². The molecule has 1 atom stereocenters. The van der Waals surface area contributed by atoms with Crippen LogP contribution in [0.25, 0.3) is 0 Å². The second kappa shape index (κ2) is 7.61. The fourth-order valence-corrected chi connectivity index (χ4v) is 3.72. The van der Waals surface area contributed by atoms with E-state index in [-0.39, 0.29) is 6.03 Å². The van der Waals surface area contributed by atoms with Crippen LogP contribution in [0.3, 0.4) is 0 Å². The van der Waals surface area contributed by atoms with Gasteiger partial charge in [-0.15, -0.1) is 10.2 Å². The molecule has 0 aliphatic carbocycles. The number of aryl methyl sites for hydroxylation is 1. The number of piperidine rings is 1. The first-order valence-corrected chi connectivity index (χ1v) is 9.24. The Labute approximate surface area is 146 Å². The van der Waals surface area contributed by atoms with Gasteiger partial charge in [0.2, 0.25) is 10.3 Å². The van der Waals surface area contributed by atoms with E-state index in [4.69, 9.17) is 0 Å². The molecular formula is C17H23N5OS. The molecule has 0 spiro atoms. The van der Waals surface area contributed by atoms with Gasteiger partial charge in [0.1, 0.15) is 0 Å². The van der Waals surface area contributed by atoms with Crippen LogP contribution in [0.5, 0.6) is 0 Å². The Balaban J connectivity index is 1.58. The van der Waals surface area contributed by atoms with Crippen LogP contribution in [-0.4, -0.2) is 28.8 Å². The number of carbonyl (C=O) groups is 1. The Morgan fingerprint density at radius 2 is 2.04 bits per heavy atom. The van der Waals surface area contributed by atoms with Crippen molar-refractivity contribution in [3.63, 3.8) is 0 Å². The maximum absolute atomic E-state index is 12.1. The molecule has 7 heteroatoms. The zero-order valence-corrected chi connectivity index (χ0v) is 14.9. The van der Waals surface area contributed by atoms with Crippen LogP contribution in [0, 0.1) is 0 Å². The van der Waals surface area contributed by atoms with Crippen LogP contribution < -0.4 is 15.5 Å². The Kier molecular flexibility index (Phi) is 5.30. The molecule has 2 aromatic rings. The average Bonchev–Trinajstić information content (AvgIpc) is 3.04. The van der Waals surface area contributed by atoms with Crippen molar-refractivity contribution in [2.24, 2.45) is 0 Å². The van der Waals surface area contributed by atoms with Crippen LogP contribution in [-0.2, 0) is 6.42 Å². The van der Waals surface area contributed by atoms with E-state index in [2.05, 4.69) is 39.6 Å². The van der Waals surface area contributed by atoms with E-state index in [0.717, 1.165) is 23.8 Å². The average molecular weight is 345 g/mol. The predicted octanol–water partition coefficient (Wildman–Crippen LogP) is 4.12. The second-order valence-electron chi connectivity index (χ2n) is 6.06. The molecular weight excluding hydrogens is 322 g/mol. The highest BCUT2D eigenvalue weighted by atomic mass is 32.1. The Morgan fingerprint density at radius 3 is 2.75 bits per heavy atom. The summed E-state index contributed by atoms with van der Waals surface area (Å²) in [5.74, 6) is 0. The monoisotopic (exact) mass is 345 g/mol. The molecule has 1 aromatic heterocycles. The SMILES string of the molecule is CCc1ccc(NC(=O)Nc2nnc(N3CCCC[C@@H]3C)s2)cc1. The van der Waals surface area contributed by atoms with Crippen molar-refractivity contribution in [1.29, 1.82) is 0 Å². The van der Waals surface area contributed by atoms with Gasteiger partial charge < -0.3 is 10.2 Å². The number of rotatable bonds is 4. The molecule has 0 radical (unpaired) electrons. The Hall–Kier alpha value is -2.15. The number of amides is 2. The Bertz CT molecular complexity index is 685. The van der Waals surface area contributed by atoms with Crippen LogP contribution in [0.1, 0.15) is 38.7 Å². The van der Waals surface area contributed by atoms with E-state index in [0.29, 0.717) is 11.2 Å². The number of hydrogen-bond donors (Lipinski definition) is 2. The van der Waals surface area contributed by atoms with Gasteiger partial charge in [0.15, 0.2) is 0 Å². The largest absolute Gasteiger partial charge is 0.344 e. The molecule has 128 valence electrons. The van der Waals surface area contributed by atoms with E-state index < -0.39 is 0 Å². The number of nitrogens with one attached hydrogen (secondary N) is 2. The van der Waals surface area contributed by atoms with Crippen molar-refractivity contribution in [3.05, 3.63) is 29.8 Å². The van der Waals surface area contributed by atoms with Crippen molar-refractivity contribution in [1.82, 2.24) is 10.2 Å². The van der Waals surface area contributed by atoms with Crippen LogP contribution in [0.15, 0.2) is 24.3 Å². The topological polar surface area (TPSA) is 70.1 Å². The minimum atomic E-state index is -0.298. The van der Waals surface area contributed by atoms with Crippen molar-refractivity contribution in [3.8, 4) is 0 Å². The van der Waals surface area contributed by atoms with Gasteiger partial charge in [-0.25, -0.2) is 4.79 Å². The summed E-state index contributed by atoms with van der Waals surface area (Å²) in [6, 6.07) is 8.00. The summed E-state index contributed by atoms with van der Waals surface area (Å²) >= 11 is 1.42. The molecule has 3 rings (SSSR count). The summed E-state index contributed by atoms with van der Waals surface area (Å²) in [5, 5.41) is 15.3. The maximum atomic E-state index is 12.1. The fraction of sp³-hybridized carbons (Fsp3) is 0.471. The van der Waals surface area contributed by atoms with E-state index in [1.165, 1.54) is 36.2 Å². The minimum absolute atomic E-state index is 0.298. The molecule has 6 nitrogen and oxygen atoms in total. The van der Waals surface area contributed by atoms with E-state index in [1.807, 2.05) is 24.3 Å². The van der Waals surface area contributed by atoms with E-state index in [9.17, 15) is 4.79 Å². The van der Waals surface area contributed by atoms with E-state index >= 15 is 0 Å². The lowest BCUT2D eigenvalue weighted by molar-refractivity contribution is 0.262. The third kappa shape index (κ3) is 4.03. The summed E-state index contributed by atoms with van der Waals surface area (Å²) < 4.78 is 0. The fourth-order valence-electron chi connectivity index (χ4n) is 2.85. The number of benzene rings is 1. The highest BCUT2D eigenvalue weighted by Gasteiger charge is 2.22. The first kappa shape index (κ1) is 16.7. The molecule has 0 saturated carbocycles. The Morgan fingerprint density at radius 1 is 1.25 bits per heavy atom. The normalized spacial score (nSPS) is 17.6. The van der Waals surface area contributed by atoms with Gasteiger partial charge in [-0.05, 0) is 50.3 Å². The van der Waals surface area contributed by atoms with Crippen molar-refractivity contribution in [2.75, 3.05) is 22.1 Å². The first-order chi connectivity index (χ1) is 11.7. The summed E-state index contributed by atoms with van der Waals surface area (Å²) in [4.78, 5) is 14.4. The van der Waals surface area contributed by atoms with Crippen LogP contribution in [0.2, 0.25) is 0 Å². The number of nitrogens with zero attached hydrogens (tertiary/aromatic N) is 3. The molecule has 1 aliphatic heterocycles. The summed E-state index contributed by atoms with van der Waals surface area (Å²) in [7, 11) is 0. The van der Waals surface area contributed by atoms with Crippen molar-refractivity contribution < 1.29 is 4.79 Å². The number of carbonyl (C=O) groups excluding carboxylic acids is 1. The number of hydrogen-bond acceptors (Lipinski definition) is 5. The molecule has 24 heavy (non-hydrogen) atoms. The second-order valence-corrected chi connectivity index (χ2v) is 7.01. The summed E-state index contributed by atoms with van der Waals surface area (Å²) in [5.41, 5.74) is 2.00. The smallest absolute Gasteiger partial charge is 0.325 e. The third-order valence-electron chi connectivity index (χ3n) is 4.30. The van der Waals surface area contributed by atoms with Gasteiger partial charge in [-0.3, -0.25) is 5.32 Å². The molecule has 1 aliphatic rings. The molecule has 2 heterocycles. The first-order valence-electron chi connectivity index (χ1n) is 8.43. The lowest BCUT2D eigenvalue weighted by atomic mass is 10.1. The predicted molar refractivity (Wildman–Crippen MR) is 99.0 cm³/mol. The lowest BCUT2D eigenvalue weighted by Gasteiger charge is -2.32. The molecule has 2 amide bonds. The van der Waals surface area contributed by atoms with E-state index in [1.54, 1.807) is 0 Å². The summed E-state index contributed by atoms with van der Waals surface area (Å²) in [6.07, 6.45) is 4.60. The van der Waals surface area contributed by atoms with Crippen molar-refractivity contribution in [2.45, 2.75) is 45.6 Å². The van der Waals surface area contributed by atoms with Gasteiger partial charge in [-0.2, -0.15) is 0 Å². The van der Waals surface area contributed by atoms with Crippen LogP contribution in [0.4, 0.5) is 20.7 Å². The maximum Gasteiger partial charge on any atom is 0.325 e. The molecule has 1 fully saturated rings. The van der Waals surface area contributed by atoms with Gasteiger partial charge in [0.05, 0.1) is 0 Å². The quantitative estimate of drug-likeness (QED) is 0.874. The number of urea groups is 1. The zero-order valence-electron chi connectivity index (χ0n) is 14.1. The van der Waals surface area contributed by atoms with Gasteiger partial charge in [0, 0.05) is 18.3 Å². The standard InChI is InChI=1S/C17H23N5OS/c1-3-13-7-9-14(10-8-13)18-15(23)19-16-20-21-17(24-16)22-11-5-4-6-12(22)2/h7-10,12H,3-6,11H2,1-2H3,(H2,18,19,20,23)/t12-/m0/s1. The highest BCUT2D eigenvalue weighted by molar-refractivity contribution is 7.19. The molecule has 2 N–H and O–H groups in total. The van der Waals surface area contributed by atoms with Gasteiger partial charge in [-0.1, -0.05) is 30.4 Å².